The second kappa shape index (κ2) is 5.61. The first-order valence-electron chi connectivity index (χ1n) is 5.60. The molecule has 110 valence electrons. The van der Waals surface area contributed by atoms with Crippen LogP contribution in [-0.2, 0) is 6.18 Å². The van der Waals surface area contributed by atoms with Crippen molar-refractivity contribution in [2.45, 2.75) is 6.18 Å². The molecule has 0 atom stereocenters. The first-order chi connectivity index (χ1) is 9.77. The molecule has 0 aliphatic rings. The Balaban J connectivity index is 2.22. The molecule has 0 saturated carbocycles. The third-order valence-corrected chi connectivity index (χ3v) is 2.88. The van der Waals surface area contributed by atoms with E-state index in [-0.39, 0.29) is 22.1 Å². The molecule has 2 aromatic rings. The highest BCUT2D eigenvalue weighted by molar-refractivity contribution is 6.33. The van der Waals surface area contributed by atoms with Gasteiger partial charge in [0.2, 0.25) is 0 Å². The van der Waals surface area contributed by atoms with Gasteiger partial charge in [0.05, 0.1) is 21.8 Å². The number of rotatable bonds is 3. The van der Waals surface area contributed by atoms with E-state index >= 15 is 0 Å². The quantitative estimate of drug-likeness (QED) is 0.891. The van der Waals surface area contributed by atoms with Gasteiger partial charge >= 0.3 is 12.1 Å². The van der Waals surface area contributed by atoms with Crippen molar-refractivity contribution in [3.8, 4) is 0 Å². The number of aromatic carboxylic acids is 1. The smallest absolute Gasteiger partial charge is 0.416 e. The summed E-state index contributed by atoms with van der Waals surface area (Å²) >= 11 is 5.78. The highest BCUT2D eigenvalue weighted by Gasteiger charge is 2.30. The maximum absolute atomic E-state index is 12.5. The number of benzene rings is 1. The molecule has 0 spiro atoms. The molecular formula is C13H8ClF3N2O2. The number of nitrogens with one attached hydrogen (secondary N) is 1. The maximum atomic E-state index is 12.5. The van der Waals surface area contributed by atoms with Crippen LogP contribution >= 0.6 is 11.6 Å². The number of anilines is 2. The van der Waals surface area contributed by atoms with Gasteiger partial charge < -0.3 is 10.4 Å². The molecule has 0 radical (unpaired) electrons. The van der Waals surface area contributed by atoms with E-state index in [1.807, 2.05) is 0 Å². The van der Waals surface area contributed by atoms with Gasteiger partial charge in [-0.05, 0) is 30.3 Å². The molecule has 1 heterocycles. The molecule has 2 N–H and O–H groups in total. The molecular weight excluding hydrogens is 309 g/mol. The summed E-state index contributed by atoms with van der Waals surface area (Å²) in [6.07, 6.45) is -3.34. The topological polar surface area (TPSA) is 62.2 Å². The van der Waals surface area contributed by atoms with E-state index in [1.54, 1.807) is 0 Å². The third-order valence-electron chi connectivity index (χ3n) is 2.57. The van der Waals surface area contributed by atoms with Crippen molar-refractivity contribution in [1.29, 1.82) is 0 Å². The van der Waals surface area contributed by atoms with Crippen LogP contribution in [0.3, 0.4) is 0 Å². The zero-order valence-electron chi connectivity index (χ0n) is 10.3. The fourth-order valence-corrected chi connectivity index (χ4v) is 1.75. The number of hydrogen-bond acceptors (Lipinski definition) is 3. The maximum Gasteiger partial charge on any atom is 0.416 e. The van der Waals surface area contributed by atoms with Crippen molar-refractivity contribution in [3.63, 3.8) is 0 Å². The minimum atomic E-state index is -4.47. The van der Waals surface area contributed by atoms with Crippen LogP contribution in [0.25, 0.3) is 0 Å². The lowest BCUT2D eigenvalue weighted by Crippen LogP contribution is -2.05. The SMILES string of the molecule is O=C(O)c1ccc(Nc2ccc(C(F)(F)F)cc2Cl)nc1. The molecule has 1 aromatic carbocycles. The molecule has 0 aliphatic heterocycles. The van der Waals surface area contributed by atoms with Gasteiger partial charge in [0.1, 0.15) is 5.82 Å². The average Bonchev–Trinajstić information content (AvgIpc) is 2.40. The van der Waals surface area contributed by atoms with Gasteiger partial charge in [-0.25, -0.2) is 9.78 Å². The van der Waals surface area contributed by atoms with Gasteiger partial charge in [-0.1, -0.05) is 11.6 Å². The van der Waals surface area contributed by atoms with Crippen LogP contribution in [0, 0.1) is 0 Å². The molecule has 0 saturated heterocycles. The van der Waals surface area contributed by atoms with E-state index in [0.29, 0.717) is 0 Å². The van der Waals surface area contributed by atoms with Crippen LogP contribution in [0.2, 0.25) is 5.02 Å². The summed E-state index contributed by atoms with van der Waals surface area (Å²) < 4.78 is 37.5. The van der Waals surface area contributed by atoms with Crippen LogP contribution in [-0.4, -0.2) is 16.1 Å². The standard InChI is InChI=1S/C13H8ClF3N2O2/c14-9-5-8(13(15,16)17)2-3-10(9)19-11-4-1-7(6-18-11)12(20)21/h1-6H,(H,18,19)(H,20,21). The molecule has 21 heavy (non-hydrogen) atoms. The normalized spacial score (nSPS) is 11.2. The summed E-state index contributed by atoms with van der Waals surface area (Å²) in [6.45, 7) is 0. The monoisotopic (exact) mass is 316 g/mol. The predicted octanol–water partition coefficient (Wildman–Crippen LogP) is 4.20. The second-order valence-electron chi connectivity index (χ2n) is 4.05. The Bertz CT molecular complexity index is 672. The van der Waals surface area contributed by atoms with Crippen molar-refractivity contribution in [3.05, 3.63) is 52.7 Å². The van der Waals surface area contributed by atoms with Crippen molar-refractivity contribution in [2.24, 2.45) is 0 Å². The van der Waals surface area contributed by atoms with Crippen LogP contribution in [0.5, 0.6) is 0 Å². The molecule has 0 fully saturated rings. The Kier molecular flexibility index (Phi) is 4.04. The first kappa shape index (κ1) is 15.1. The van der Waals surface area contributed by atoms with Gasteiger partial charge in [-0.15, -0.1) is 0 Å². The Morgan fingerprint density at radius 2 is 1.95 bits per heavy atom. The lowest BCUT2D eigenvalue weighted by Gasteiger charge is -2.11. The molecule has 0 amide bonds. The number of aromatic nitrogens is 1. The zero-order chi connectivity index (χ0) is 15.6. The molecule has 0 unspecified atom stereocenters. The minimum Gasteiger partial charge on any atom is -0.478 e. The minimum absolute atomic E-state index is 0.000865. The summed E-state index contributed by atoms with van der Waals surface area (Å²) in [4.78, 5) is 14.5. The molecule has 0 bridgehead atoms. The highest BCUT2D eigenvalue weighted by Crippen LogP contribution is 2.34. The van der Waals surface area contributed by atoms with Gasteiger partial charge in [-0.3, -0.25) is 0 Å². The number of halogens is 4. The second-order valence-corrected chi connectivity index (χ2v) is 4.46. The Labute approximate surface area is 122 Å². The summed E-state index contributed by atoms with van der Waals surface area (Å²) in [5.74, 6) is -0.858. The van der Waals surface area contributed by atoms with Gasteiger partial charge in [-0.2, -0.15) is 13.2 Å². The Morgan fingerprint density at radius 3 is 2.43 bits per heavy atom. The molecule has 8 heteroatoms. The van der Waals surface area contributed by atoms with E-state index in [1.165, 1.54) is 18.2 Å². The lowest BCUT2D eigenvalue weighted by molar-refractivity contribution is -0.137. The van der Waals surface area contributed by atoms with Crippen LogP contribution in [0.1, 0.15) is 15.9 Å². The number of carbonyl (C=O) groups is 1. The van der Waals surface area contributed by atoms with Crippen molar-refractivity contribution in [2.75, 3.05) is 5.32 Å². The largest absolute Gasteiger partial charge is 0.478 e. The number of nitrogens with zero attached hydrogens (tertiary/aromatic N) is 1. The van der Waals surface area contributed by atoms with Gasteiger partial charge in [0, 0.05) is 6.20 Å². The third kappa shape index (κ3) is 3.63. The highest BCUT2D eigenvalue weighted by atomic mass is 35.5. The fourth-order valence-electron chi connectivity index (χ4n) is 1.53. The molecule has 2 rings (SSSR count). The van der Waals surface area contributed by atoms with Crippen molar-refractivity contribution < 1.29 is 23.1 Å². The predicted molar refractivity (Wildman–Crippen MR) is 70.9 cm³/mol. The number of pyridine rings is 1. The molecule has 1 aromatic heterocycles. The first-order valence-corrected chi connectivity index (χ1v) is 5.98. The Morgan fingerprint density at radius 1 is 1.24 bits per heavy atom. The lowest BCUT2D eigenvalue weighted by atomic mass is 10.2. The van der Waals surface area contributed by atoms with Gasteiger partial charge in [0.15, 0.2) is 0 Å². The summed E-state index contributed by atoms with van der Waals surface area (Å²) in [5.41, 5.74) is -0.619. The van der Waals surface area contributed by atoms with E-state index in [0.717, 1.165) is 18.3 Å². The van der Waals surface area contributed by atoms with E-state index < -0.39 is 17.7 Å². The average molecular weight is 317 g/mol. The number of carboxylic acids is 1. The van der Waals surface area contributed by atoms with E-state index in [9.17, 15) is 18.0 Å². The van der Waals surface area contributed by atoms with Crippen LogP contribution in [0.4, 0.5) is 24.7 Å². The number of hydrogen-bond donors (Lipinski definition) is 2. The Hall–Kier alpha value is -2.28. The van der Waals surface area contributed by atoms with E-state index in [4.69, 9.17) is 16.7 Å². The van der Waals surface area contributed by atoms with Gasteiger partial charge in [0.25, 0.3) is 0 Å². The number of alkyl halides is 3. The van der Waals surface area contributed by atoms with Crippen molar-refractivity contribution >= 4 is 29.1 Å². The van der Waals surface area contributed by atoms with Crippen LogP contribution in [0.15, 0.2) is 36.5 Å². The summed E-state index contributed by atoms with van der Waals surface area (Å²) in [5, 5.41) is 11.3. The molecule has 0 aliphatic carbocycles. The zero-order valence-corrected chi connectivity index (χ0v) is 11.0. The fraction of sp³-hybridized carbons (Fsp3) is 0.0769. The van der Waals surface area contributed by atoms with Crippen molar-refractivity contribution in [1.82, 2.24) is 4.98 Å². The van der Waals surface area contributed by atoms with E-state index in [2.05, 4.69) is 10.3 Å². The number of carboxylic acid groups (broad SMARTS) is 1. The summed E-state index contributed by atoms with van der Waals surface area (Å²) in [6, 6.07) is 5.57. The van der Waals surface area contributed by atoms with Crippen LogP contribution < -0.4 is 5.32 Å². The summed E-state index contributed by atoms with van der Waals surface area (Å²) in [7, 11) is 0. The molecule has 4 nitrogen and oxygen atoms in total.